The van der Waals surface area contributed by atoms with Crippen LogP contribution in [-0.4, -0.2) is 11.7 Å². The van der Waals surface area contributed by atoms with Gasteiger partial charge in [0.05, 0.1) is 11.8 Å². The van der Waals surface area contributed by atoms with E-state index in [4.69, 9.17) is 0 Å². The Bertz CT molecular complexity index is 578. The molecule has 106 valence electrons. The molecule has 0 aliphatic rings. The van der Waals surface area contributed by atoms with Crippen LogP contribution in [0, 0.1) is 6.92 Å². The summed E-state index contributed by atoms with van der Waals surface area (Å²) in [6.45, 7) is 6.89. The first kappa shape index (κ1) is 15.1. The molecule has 0 saturated carbocycles. The largest absolute Gasteiger partial charge is 0.389 e. The number of benzene rings is 2. The molecule has 3 heteroatoms. The number of aliphatic hydroxyl groups excluding tert-OH is 1. The SMILES string of the molecule is CCN(c1ccc(C)cc1)c1ccc(C(C)O)cc1Br. The van der Waals surface area contributed by atoms with Crippen molar-refractivity contribution in [3.63, 3.8) is 0 Å². The molecular formula is C17H20BrNO. The van der Waals surface area contributed by atoms with Gasteiger partial charge in [0.15, 0.2) is 0 Å². The molecule has 0 bridgehead atoms. The maximum atomic E-state index is 9.65. The predicted octanol–water partition coefficient (Wildman–Crippen LogP) is 4.97. The number of nitrogens with zero attached hydrogens (tertiary/aromatic N) is 1. The molecule has 0 aliphatic heterocycles. The predicted molar refractivity (Wildman–Crippen MR) is 88.6 cm³/mol. The van der Waals surface area contributed by atoms with Crippen molar-refractivity contribution in [2.24, 2.45) is 0 Å². The zero-order valence-corrected chi connectivity index (χ0v) is 13.7. The first-order chi connectivity index (χ1) is 9.52. The van der Waals surface area contributed by atoms with Gasteiger partial charge in [-0.05, 0) is 66.5 Å². The van der Waals surface area contributed by atoms with E-state index in [9.17, 15) is 5.11 Å². The van der Waals surface area contributed by atoms with Crippen LogP contribution in [0.15, 0.2) is 46.9 Å². The molecule has 0 radical (unpaired) electrons. The van der Waals surface area contributed by atoms with Crippen LogP contribution in [0.4, 0.5) is 11.4 Å². The fourth-order valence-electron chi connectivity index (χ4n) is 2.22. The third-order valence-corrected chi connectivity index (χ3v) is 4.04. The zero-order valence-electron chi connectivity index (χ0n) is 12.1. The molecule has 1 unspecified atom stereocenters. The quantitative estimate of drug-likeness (QED) is 0.853. The normalized spacial score (nSPS) is 12.2. The van der Waals surface area contributed by atoms with Crippen LogP contribution in [0.25, 0.3) is 0 Å². The topological polar surface area (TPSA) is 23.5 Å². The van der Waals surface area contributed by atoms with Crippen LogP contribution in [0.5, 0.6) is 0 Å². The molecule has 2 aromatic rings. The third kappa shape index (κ3) is 3.22. The molecule has 0 heterocycles. The first-order valence-corrected chi connectivity index (χ1v) is 7.64. The molecule has 0 aliphatic carbocycles. The maximum Gasteiger partial charge on any atom is 0.0762 e. The Morgan fingerprint density at radius 2 is 1.80 bits per heavy atom. The van der Waals surface area contributed by atoms with Crippen LogP contribution >= 0.6 is 15.9 Å². The standard InChI is InChI=1S/C17H20BrNO/c1-4-19(15-8-5-12(2)6-9-15)17-10-7-14(13(3)20)11-16(17)18/h5-11,13,20H,4H2,1-3H3. The molecule has 1 atom stereocenters. The Labute approximate surface area is 129 Å². The van der Waals surface area contributed by atoms with Crippen molar-refractivity contribution in [3.05, 3.63) is 58.1 Å². The van der Waals surface area contributed by atoms with Crippen LogP contribution < -0.4 is 4.90 Å². The number of halogens is 1. The number of anilines is 2. The van der Waals surface area contributed by atoms with Gasteiger partial charge in [-0.25, -0.2) is 0 Å². The van der Waals surface area contributed by atoms with Gasteiger partial charge in [0.1, 0.15) is 0 Å². The van der Waals surface area contributed by atoms with Crippen molar-refractivity contribution in [1.29, 1.82) is 0 Å². The van der Waals surface area contributed by atoms with Crippen LogP contribution in [0.2, 0.25) is 0 Å². The van der Waals surface area contributed by atoms with Gasteiger partial charge in [0, 0.05) is 16.7 Å². The second-order valence-corrected chi connectivity index (χ2v) is 5.82. The Kier molecular flexibility index (Phi) is 4.84. The zero-order chi connectivity index (χ0) is 14.7. The van der Waals surface area contributed by atoms with Gasteiger partial charge in [-0.3, -0.25) is 0 Å². The highest BCUT2D eigenvalue weighted by molar-refractivity contribution is 9.10. The second-order valence-electron chi connectivity index (χ2n) is 4.97. The average Bonchev–Trinajstić information content (AvgIpc) is 2.43. The molecular weight excluding hydrogens is 314 g/mol. The van der Waals surface area contributed by atoms with E-state index in [-0.39, 0.29) is 0 Å². The molecule has 0 amide bonds. The van der Waals surface area contributed by atoms with Gasteiger partial charge in [0.2, 0.25) is 0 Å². The highest BCUT2D eigenvalue weighted by Gasteiger charge is 2.12. The molecule has 2 rings (SSSR count). The van der Waals surface area contributed by atoms with Crippen molar-refractivity contribution < 1.29 is 5.11 Å². The lowest BCUT2D eigenvalue weighted by Crippen LogP contribution is -2.16. The van der Waals surface area contributed by atoms with Gasteiger partial charge in [-0.15, -0.1) is 0 Å². The maximum absolute atomic E-state index is 9.65. The Morgan fingerprint density at radius 1 is 1.15 bits per heavy atom. The smallest absolute Gasteiger partial charge is 0.0762 e. The molecule has 0 spiro atoms. The Hall–Kier alpha value is -1.32. The van der Waals surface area contributed by atoms with E-state index >= 15 is 0 Å². The number of hydrogen-bond donors (Lipinski definition) is 1. The van der Waals surface area contributed by atoms with E-state index < -0.39 is 6.10 Å². The number of aliphatic hydroxyl groups is 1. The molecule has 0 fully saturated rings. The number of aryl methyl sites for hydroxylation is 1. The van der Waals surface area contributed by atoms with Gasteiger partial charge in [-0.2, -0.15) is 0 Å². The minimum absolute atomic E-state index is 0.449. The van der Waals surface area contributed by atoms with E-state index in [0.29, 0.717) is 0 Å². The van der Waals surface area contributed by atoms with E-state index in [0.717, 1.165) is 22.3 Å². The fraction of sp³-hybridized carbons (Fsp3) is 0.294. The van der Waals surface area contributed by atoms with Crippen LogP contribution in [-0.2, 0) is 0 Å². The third-order valence-electron chi connectivity index (χ3n) is 3.41. The van der Waals surface area contributed by atoms with Crippen molar-refractivity contribution in [3.8, 4) is 0 Å². The van der Waals surface area contributed by atoms with Crippen molar-refractivity contribution in [1.82, 2.24) is 0 Å². The highest BCUT2D eigenvalue weighted by Crippen LogP contribution is 2.34. The van der Waals surface area contributed by atoms with Gasteiger partial charge in [0.25, 0.3) is 0 Å². The Morgan fingerprint density at radius 3 is 2.30 bits per heavy atom. The lowest BCUT2D eigenvalue weighted by atomic mass is 10.1. The van der Waals surface area contributed by atoms with E-state index in [1.165, 1.54) is 11.3 Å². The summed E-state index contributed by atoms with van der Waals surface area (Å²) in [5.41, 5.74) is 4.46. The average molecular weight is 334 g/mol. The van der Waals surface area contributed by atoms with Gasteiger partial charge < -0.3 is 10.0 Å². The molecule has 20 heavy (non-hydrogen) atoms. The summed E-state index contributed by atoms with van der Waals surface area (Å²) in [6.07, 6.45) is -0.449. The molecule has 2 aromatic carbocycles. The van der Waals surface area contributed by atoms with E-state index in [1.54, 1.807) is 6.92 Å². The minimum Gasteiger partial charge on any atom is -0.389 e. The minimum atomic E-state index is -0.449. The summed E-state index contributed by atoms with van der Waals surface area (Å²) < 4.78 is 0.998. The highest BCUT2D eigenvalue weighted by atomic mass is 79.9. The molecule has 0 saturated heterocycles. The summed E-state index contributed by atoms with van der Waals surface area (Å²) in [5.74, 6) is 0. The van der Waals surface area contributed by atoms with Gasteiger partial charge in [-0.1, -0.05) is 23.8 Å². The second kappa shape index (κ2) is 6.42. The molecule has 2 nitrogen and oxygen atoms in total. The van der Waals surface area contributed by atoms with Crippen LogP contribution in [0.3, 0.4) is 0 Å². The monoisotopic (exact) mass is 333 g/mol. The summed E-state index contributed by atoms with van der Waals surface area (Å²) in [5, 5.41) is 9.65. The lowest BCUT2D eigenvalue weighted by Gasteiger charge is -2.25. The van der Waals surface area contributed by atoms with Gasteiger partial charge >= 0.3 is 0 Å². The van der Waals surface area contributed by atoms with Crippen LogP contribution in [0.1, 0.15) is 31.1 Å². The number of hydrogen-bond acceptors (Lipinski definition) is 2. The lowest BCUT2D eigenvalue weighted by molar-refractivity contribution is 0.199. The van der Waals surface area contributed by atoms with E-state index in [1.807, 2.05) is 12.1 Å². The summed E-state index contributed by atoms with van der Waals surface area (Å²) >= 11 is 3.62. The summed E-state index contributed by atoms with van der Waals surface area (Å²) in [4.78, 5) is 2.25. The fourth-order valence-corrected chi connectivity index (χ4v) is 2.83. The summed E-state index contributed by atoms with van der Waals surface area (Å²) in [6, 6.07) is 14.5. The summed E-state index contributed by atoms with van der Waals surface area (Å²) in [7, 11) is 0. The Balaban J connectivity index is 2.39. The van der Waals surface area contributed by atoms with Crippen molar-refractivity contribution in [2.75, 3.05) is 11.4 Å². The first-order valence-electron chi connectivity index (χ1n) is 6.84. The molecule has 1 N–H and O–H groups in total. The van der Waals surface area contributed by atoms with Crippen molar-refractivity contribution in [2.45, 2.75) is 26.9 Å². The number of rotatable bonds is 4. The van der Waals surface area contributed by atoms with Crippen molar-refractivity contribution >= 4 is 27.3 Å². The molecule has 0 aromatic heterocycles. The van der Waals surface area contributed by atoms with E-state index in [2.05, 4.69) is 65.0 Å².